The summed E-state index contributed by atoms with van der Waals surface area (Å²) >= 11 is 6.02. The maximum atomic E-state index is 12.7. The van der Waals surface area contributed by atoms with E-state index in [1.807, 2.05) is 6.92 Å². The van der Waals surface area contributed by atoms with Crippen LogP contribution in [0.3, 0.4) is 0 Å². The van der Waals surface area contributed by atoms with Gasteiger partial charge >= 0.3 is 0 Å². The van der Waals surface area contributed by atoms with Crippen LogP contribution in [0.15, 0.2) is 29.2 Å². The molecule has 20 heavy (non-hydrogen) atoms. The second-order valence-electron chi connectivity index (χ2n) is 4.97. The molecule has 4 nitrogen and oxygen atoms in total. The second kappa shape index (κ2) is 7.09. The van der Waals surface area contributed by atoms with E-state index in [1.165, 1.54) is 4.31 Å². The molecule has 2 N–H and O–H groups in total. The molecule has 0 radical (unpaired) electrons. The smallest absolute Gasteiger partial charge is 0.244 e. The third kappa shape index (κ3) is 3.28. The van der Waals surface area contributed by atoms with Crippen LogP contribution in [0, 0.1) is 5.92 Å². The van der Waals surface area contributed by atoms with Gasteiger partial charge in [-0.15, -0.1) is 12.4 Å². The number of piperidine rings is 1. The van der Waals surface area contributed by atoms with Crippen molar-refractivity contribution in [1.29, 1.82) is 0 Å². The molecule has 1 aliphatic rings. The fraction of sp³-hybridized carbons (Fsp3) is 0.538. The summed E-state index contributed by atoms with van der Waals surface area (Å²) in [5.74, 6) is 0.274. The second-order valence-corrected chi connectivity index (χ2v) is 7.23. The van der Waals surface area contributed by atoms with Crippen molar-refractivity contribution in [1.82, 2.24) is 4.31 Å². The third-order valence-electron chi connectivity index (χ3n) is 3.73. The van der Waals surface area contributed by atoms with E-state index in [4.69, 9.17) is 17.3 Å². The predicted molar refractivity (Wildman–Crippen MR) is 83.8 cm³/mol. The van der Waals surface area contributed by atoms with E-state index in [0.29, 0.717) is 13.1 Å². The van der Waals surface area contributed by atoms with Crippen molar-refractivity contribution >= 4 is 34.0 Å². The number of nitrogens with zero attached hydrogens (tertiary/aromatic N) is 1. The Morgan fingerprint density at radius 1 is 1.40 bits per heavy atom. The molecule has 2 atom stereocenters. The molecule has 0 saturated carbocycles. The zero-order valence-electron chi connectivity index (χ0n) is 11.3. The van der Waals surface area contributed by atoms with E-state index in [9.17, 15) is 8.42 Å². The summed E-state index contributed by atoms with van der Waals surface area (Å²) < 4.78 is 26.9. The van der Waals surface area contributed by atoms with Crippen LogP contribution in [0.5, 0.6) is 0 Å². The minimum absolute atomic E-state index is 0. The fourth-order valence-corrected chi connectivity index (χ4v) is 4.91. The summed E-state index contributed by atoms with van der Waals surface area (Å²) in [4.78, 5) is 0.171. The van der Waals surface area contributed by atoms with Crippen molar-refractivity contribution in [2.45, 2.75) is 30.7 Å². The van der Waals surface area contributed by atoms with E-state index in [2.05, 4.69) is 0 Å². The topological polar surface area (TPSA) is 63.4 Å². The molecule has 114 valence electrons. The zero-order valence-corrected chi connectivity index (χ0v) is 13.7. The molecule has 1 aliphatic heterocycles. The van der Waals surface area contributed by atoms with E-state index in [1.54, 1.807) is 24.3 Å². The molecular weight excluding hydrogens is 319 g/mol. The van der Waals surface area contributed by atoms with Gasteiger partial charge in [0.05, 0.1) is 5.02 Å². The van der Waals surface area contributed by atoms with Gasteiger partial charge in [-0.05, 0) is 30.9 Å². The van der Waals surface area contributed by atoms with Crippen LogP contribution in [0.25, 0.3) is 0 Å². The summed E-state index contributed by atoms with van der Waals surface area (Å²) in [6.07, 6.45) is 1.87. The Morgan fingerprint density at radius 3 is 2.65 bits per heavy atom. The number of sulfonamides is 1. The highest BCUT2D eigenvalue weighted by Crippen LogP contribution is 2.31. The monoisotopic (exact) mass is 338 g/mol. The number of halogens is 2. The molecule has 0 aliphatic carbocycles. The van der Waals surface area contributed by atoms with Crippen LogP contribution in [-0.2, 0) is 10.0 Å². The standard InChI is InChI=1S/C13H19ClN2O2S.ClH/c1-10-5-4-8-16(12(10)9-15)19(17,18)13-7-3-2-6-11(13)14;/h2-3,6-7,10,12H,4-5,8-9,15H2,1H3;1H. The van der Waals surface area contributed by atoms with E-state index >= 15 is 0 Å². The molecule has 1 fully saturated rings. The van der Waals surface area contributed by atoms with Crippen LogP contribution in [0.4, 0.5) is 0 Å². The Labute approximate surface area is 131 Å². The zero-order chi connectivity index (χ0) is 14.0. The van der Waals surface area contributed by atoms with Gasteiger partial charge in [0.1, 0.15) is 4.90 Å². The Morgan fingerprint density at radius 2 is 2.05 bits per heavy atom. The largest absolute Gasteiger partial charge is 0.329 e. The summed E-state index contributed by atoms with van der Waals surface area (Å²) in [5.41, 5.74) is 5.76. The van der Waals surface area contributed by atoms with Crippen LogP contribution in [0.1, 0.15) is 19.8 Å². The van der Waals surface area contributed by atoms with Gasteiger partial charge in [-0.2, -0.15) is 4.31 Å². The van der Waals surface area contributed by atoms with Crippen molar-refractivity contribution < 1.29 is 8.42 Å². The van der Waals surface area contributed by atoms with Gasteiger partial charge in [0.25, 0.3) is 0 Å². The van der Waals surface area contributed by atoms with Gasteiger partial charge in [0, 0.05) is 19.1 Å². The van der Waals surface area contributed by atoms with Crippen LogP contribution in [0.2, 0.25) is 5.02 Å². The quantitative estimate of drug-likeness (QED) is 0.920. The molecule has 7 heteroatoms. The number of rotatable bonds is 3. The summed E-state index contributed by atoms with van der Waals surface area (Å²) in [6, 6.07) is 6.41. The van der Waals surface area contributed by atoms with Gasteiger partial charge in [-0.3, -0.25) is 0 Å². The molecule has 1 aromatic carbocycles. The molecule has 1 saturated heterocycles. The summed E-state index contributed by atoms with van der Waals surface area (Å²) in [7, 11) is -3.57. The first-order valence-electron chi connectivity index (χ1n) is 6.45. The molecular formula is C13H20Cl2N2O2S. The molecule has 0 bridgehead atoms. The van der Waals surface area contributed by atoms with Gasteiger partial charge in [-0.1, -0.05) is 30.7 Å². The van der Waals surface area contributed by atoms with E-state index in [0.717, 1.165) is 12.8 Å². The van der Waals surface area contributed by atoms with Crippen LogP contribution < -0.4 is 5.73 Å². The summed E-state index contributed by atoms with van der Waals surface area (Å²) in [6.45, 7) is 2.90. The molecule has 0 aromatic heterocycles. The lowest BCUT2D eigenvalue weighted by molar-refractivity contribution is 0.192. The first kappa shape index (κ1) is 17.7. The first-order valence-corrected chi connectivity index (χ1v) is 8.26. The van der Waals surface area contributed by atoms with E-state index < -0.39 is 10.0 Å². The fourth-order valence-electron chi connectivity index (χ4n) is 2.64. The molecule has 0 amide bonds. The Balaban J connectivity index is 0.00000200. The number of benzene rings is 1. The lowest BCUT2D eigenvalue weighted by atomic mass is 9.93. The lowest BCUT2D eigenvalue weighted by Crippen LogP contribution is -2.51. The van der Waals surface area contributed by atoms with Crippen molar-refractivity contribution in [3.63, 3.8) is 0 Å². The SMILES string of the molecule is CC1CCCN(S(=O)(=O)c2ccccc2Cl)C1CN.Cl. The maximum Gasteiger partial charge on any atom is 0.244 e. The predicted octanol–water partition coefficient (Wildman–Crippen LogP) is 2.51. The highest BCUT2D eigenvalue weighted by atomic mass is 35.5. The van der Waals surface area contributed by atoms with Crippen LogP contribution in [-0.4, -0.2) is 31.9 Å². The summed E-state index contributed by atoms with van der Waals surface area (Å²) in [5, 5.41) is 0.261. The minimum atomic E-state index is -3.57. The van der Waals surface area contributed by atoms with Crippen LogP contribution >= 0.6 is 24.0 Å². The molecule has 0 spiro atoms. The maximum absolute atomic E-state index is 12.7. The van der Waals surface area contributed by atoms with Crippen molar-refractivity contribution in [3.8, 4) is 0 Å². The average molecular weight is 339 g/mol. The van der Waals surface area contributed by atoms with E-state index in [-0.39, 0.29) is 34.3 Å². The van der Waals surface area contributed by atoms with Gasteiger partial charge in [-0.25, -0.2) is 8.42 Å². The number of hydrogen-bond donors (Lipinski definition) is 1. The molecule has 1 aromatic rings. The van der Waals surface area contributed by atoms with Gasteiger partial charge < -0.3 is 5.73 Å². The lowest BCUT2D eigenvalue weighted by Gasteiger charge is -2.38. The van der Waals surface area contributed by atoms with Gasteiger partial charge in [0.2, 0.25) is 10.0 Å². The number of hydrogen-bond acceptors (Lipinski definition) is 3. The average Bonchev–Trinajstić information content (AvgIpc) is 2.38. The van der Waals surface area contributed by atoms with Crippen molar-refractivity contribution in [3.05, 3.63) is 29.3 Å². The highest BCUT2D eigenvalue weighted by molar-refractivity contribution is 7.89. The van der Waals surface area contributed by atoms with Crippen molar-refractivity contribution in [2.75, 3.05) is 13.1 Å². The highest BCUT2D eigenvalue weighted by Gasteiger charge is 2.37. The normalized spacial score (nSPS) is 24.1. The third-order valence-corrected chi connectivity index (χ3v) is 6.15. The van der Waals surface area contributed by atoms with Gasteiger partial charge in [0.15, 0.2) is 0 Å². The number of nitrogens with two attached hydrogens (primary N) is 1. The Hall–Kier alpha value is -0.330. The van der Waals surface area contributed by atoms with Crippen molar-refractivity contribution in [2.24, 2.45) is 11.7 Å². The first-order chi connectivity index (χ1) is 8.98. The molecule has 1 heterocycles. The minimum Gasteiger partial charge on any atom is -0.329 e. The Bertz CT molecular complexity index is 551. The molecule has 2 unspecified atom stereocenters. The molecule has 2 rings (SSSR count). The Kier molecular flexibility index (Phi) is 6.28.